The van der Waals surface area contributed by atoms with Gasteiger partial charge in [0.15, 0.2) is 0 Å². The molecule has 0 spiro atoms. The number of fused-ring (bicyclic) bond motifs is 2. The molecule has 8 heteroatoms. The number of aliphatic imine (C=N–C) groups is 1. The van der Waals surface area contributed by atoms with Crippen LogP contribution in [0.4, 0.5) is 5.69 Å². The standard InChI is InChI=1S/C24H33ClN4O3/c1-28(17-9-5-4-6-10-17)22(31)11-7-2-3-8-14-32-20-13-12-19-18(23(20)25)15-29-16-21(30)27-24(29)26-19/h12-13,17H,2-11,14-16H2,1H3,(H,26,27,30). The number of nitrogens with one attached hydrogen (secondary N) is 1. The summed E-state index contributed by atoms with van der Waals surface area (Å²) in [6.45, 7) is 1.44. The number of hydrogen-bond donors (Lipinski definition) is 1. The van der Waals surface area contributed by atoms with Crippen LogP contribution < -0.4 is 10.1 Å². The van der Waals surface area contributed by atoms with Crippen LogP contribution in [0.25, 0.3) is 0 Å². The second-order valence-electron chi connectivity index (χ2n) is 9.02. The summed E-state index contributed by atoms with van der Waals surface area (Å²) < 4.78 is 5.92. The maximum atomic E-state index is 12.4. The Morgan fingerprint density at radius 3 is 2.78 bits per heavy atom. The van der Waals surface area contributed by atoms with Gasteiger partial charge in [-0.05, 0) is 37.8 Å². The van der Waals surface area contributed by atoms with Crippen LogP contribution in [0.1, 0.15) is 69.8 Å². The fraction of sp³-hybridized carbons (Fsp3) is 0.625. The first-order valence-corrected chi connectivity index (χ1v) is 12.2. The molecule has 3 aliphatic rings. The smallest absolute Gasteiger partial charge is 0.246 e. The molecule has 0 unspecified atom stereocenters. The molecular formula is C24H33ClN4O3. The lowest BCUT2D eigenvalue weighted by Crippen LogP contribution is -2.38. The highest BCUT2D eigenvalue weighted by atomic mass is 35.5. The molecule has 0 radical (unpaired) electrons. The van der Waals surface area contributed by atoms with Gasteiger partial charge in [0.25, 0.3) is 0 Å². The van der Waals surface area contributed by atoms with Crippen molar-refractivity contribution in [3.8, 4) is 5.75 Å². The summed E-state index contributed by atoms with van der Waals surface area (Å²) in [5.74, 6) is 1.49. The molecule has 4 rings (SSSR count). The van der Waals surface area contributed by atoms with Gasteiger partial charge in [-0.2, -0.15) is 0 Å². The SMILES string of the molecule is CN(C(=O)CCCCCCOc1ccc2c(c1Cl)CN1CC(=O)NC1=N2)C1CCCCC1. The zero-order valence-electron chi connectivity index (χ0n) is 18.9. The van der Waals surface area contributed by atoms with Gasteiger partial charge in [0.05, 0.1) is 23.9 Å². The Hall–Kier alpha value is -2.28. The lowest BCUT2D eigenvalue weighted by molar-refractivity contribution is -0.132. The van der Waals surface area contributed by atoms with E-state index >= 15 is 0 Å². The Kier molecular flexibility index (Phi) is 7.55. The Labute approximate surface area is 195 Å². The minimum Gasteiger partial charge on any atom is -0.492 e. The summed E-state index contributed by atoms with van der Waals surface area (Å²) in [5, 5.41) is 3.33. The monoisotopic (exact) mass is 460 g/mol. The first-order valence-electron chi connectivity index (χ1n) is 11.9. The van der Waals surface area contributed by atoms with E-state index in [0.29, 0.717) is 48.9 Å². The minimum atomic E-state index is -0.0496. The molecule has 1 saturated heterocycles. The van der Waals surface area contributed by atoms with Crippen LogP contribution in [0.3, 0.4) is 0 Å². The Morgan fingerprint density at radius 2 is 1.97 bits per heavy atom. The molecule has 2 aliphatic heterocycles. The van der Waals surface area contributed by atoms with E-state index in [1.54, 1.807) is 0 Å². The van der Waals surface area contributed by atoms with Gasteiger partial charge in [0.1, 0.15) is 12.3 Å². The highest BCUT2D eigenvalue weighted by molar-refractivity contribution is 6.33. The number of carbonyl (C=O) groups excluding carboxylic acids is 2. The molecule has 7 nitrogen and oxygen atoms in total. The summed E-state index contributed by atoms with van der Waals surface area (Å²) in [4.78, 5) is 32.4. The number of hydrogen-bond acceptors (Lipinski definition) is 5. The molecule has 2 amide bonds. The summed E-state index contributed by atoms with van der Waals surface area (Å²) in [7, 11) is 1.97. The third kappa shape index (κ3) is 5.37. The number of benzene rings is 1. The fourth-order valence-corrected chi connectivity index (χ4v) is 5.02. The molecule has 2 fully saturated rings. The number of carbonyl (C=O) groups is 2. The Morgan fingerprint density at radius 1 is 1.19 bits per heavy atom. The first kappa shape index (κ1) is 22.9. The van der Waals surface area contributed by atoms with Gasteiger partial charge in [0.2, 0.25) is 17.8 Å². The molecule has 1 N–H and O–H groups in total. The van der Waals surface area contributed by atoms with E-state index < -0.39 is 0 Å². The maximum Gasteiger partial charge on any atom is 0.246 e. The van der Waals surface area contributed by atoms with Crippen LogP contribution in [0.15, 0.2) is 17.1 Å². The number of ether oxygens (including phenoxy) is 1. The van der Waals surface area contributed by atoms with Crippen LogP contribution >= 0.6 is 11.6 Å². The molecule has 0 atom stereocenters. The Balaban J connectivity index is 1.15. The van der Waals surface area contributed by atoms with E-state index in [2.05, 4.69) is 10.3 Å². The van der Waals surface area contributed by atoms with Crippen molar-refractivity contribution in [1.82, 2.24) is 15.1 Å². The number of amides is 2. The van der Waals surface area contributed by atoms with Crippen molar-refractivity contribution < 1.29 is 14.3 Å². The maximum absolute atomic E-state index is 12.4. The van der Waals surface area contributed by atoms with Crippen molar-refractivity contribution >= 4 is 35.1 Å². The largest absolute Gasteiger partial charge is 0.492 e. The highest BCUT2D eigenvalue weighted by Gasteiger charge is 2.30. The van der Waals surface area contributed by atoms with Crippen molar-refractivity contribution in [3.63, 3.8) is 0 Å². The van der Waals surface area contributed by atoms with E-state index in [-0.39, 0.29) is 11.8 Å². The first-order chi connectivity index (χ1) is 15.5. The quantitative estimate of drug-likeness (QED) is 0.554. The van der Waals surface area contributed by atoms with E-state index in [9.17, 15) is 9.59 Å². The molecule has 0 bridgehead atoms. The van der Waals surface area contributed by atoms with Gasteiger partial charge in [-0.15, -0.1) is 0 Å². The summed E-state index contributed by atoms with van der Waals surface area (Å²) in [6.07, 6.45) is 10.7. The predicted octanol–water partition coefficient (Wildman–Crippen LogP) is 4.39. The van der Waals surface area contributed by atoms with Gasteiger partial charge in [-0.25, -0.2) is 4.99 Å². The second-order valence-corrected chi connectivity index (χ2v) is 9.40. The molecule has 0 aromatic heterocycles. The Bertz CT molecular complexity index is 882. The topological polar surface area (TPSA) is 74.2 Å². The zero-order chi connectivity index (χ0) is 22.5. The van der Waals surface area contributed by atoms with Crippen LogP contribution in [0.5, 0.6) is 5.75 Å². The number of guanidine groups is 1. The van der Waals surface area contributed by atoms with Gasteiger partial charge in [-0.1, -0.05) is 43.7 Å². The van der Waals surface area contributed by atoms with Crippen molar-refractivity contribution in [2.45, 2.75) is 76.8 Å². The van der Waals surface area contributed by atoms with E-state index in [1.807, 2.05) is 29.0 Å². The zero-order valence-corrected chi connectivity index (χ0v) is 19.6. The molecule has 1 aliphatic carbocycles. The summed E-state index contributed by atoms with van der Waals surface area (Å²) >= 11 is 6.58. The summed E-state index contributed by atoms with van der Waals surface area (Å²) in [6, 6.07) is 4.18. The molecule has 1 aromatic carbocycles. The number of rotatable bonds is 9. The molecule has 2 heterocycles. The van der Waals surface area contributed by atoms with Crippen LogP contribution in [-0.4, -0.2) is 53.8 Å². The predicted molar refractivity (Wildman–Crippen MR) is 125 cm³/mol. The third-order valence-corrected chi connectivity index (χ3v) is 7.12. The highest BCUT2D eigenvalue weighted by Crippen LogP contribution is 2.38. The molecule has 32 heavy (non-hydrogen) atoms. The molecular weight excluding hydrogens is 428 g/mol. The van der Waals surface area contributed by atoms with Crippen molar-refractivity contribution in [2.75, 3.05) is 20.2 Å². The summed E-state index contributed by atoms with van der Waals surface area (Å²) in [5.41, 5.74) is 1.67. The van der Waals surface area contributed by atoms with Crippen molar-refractivity contribution in [2.24, 2.45) is 4.99 Å². The van der Waals surface area contributed by atoms with E-state index in [4.69, 9.17) is 16.3 Å². The third-order valence-electron chi connectivity index (χ3n) is 6.70. The lowest BCUT2D eigenvalue weighted by Gasteiger charge is -2.31. The average Bonchev–Trinajstić information content (AvgIpc) is 3.17. The second kappa shape index (κ2) is 10.6. The molecule has 1 saturated carbocycles. The molecule has 1 aromatic rings. The molecule has 174 valence electrons. The lowest BCUT2D eigenvalue weighted by atomic mass is 9.94. The average molecular weight is 461 g/mol. The van der Waals surface area contributed by atoms with Crippen LogP contribution in [0.2, 0.25) is 5.02 Å². The van der Waals surface area contributed by atoms with Crippen LogP contribution in [-0.2, 0) is 16.1 Å². The van der Waals surface area contributed by atoms with Crippen LogP contribution in [0, 0.1) is 0 Å². The van der Waals surface area contributed by atoms with Gasteiger partial charge < -0.3 is 14.5 Å². The minimum absolute atomic E-state index is 0.0496. The normalized spacial score (nSPS) is 18.0. The van der Waals surface area contributed by atoms with E-state index in [1.165, 1.54) is 19.3 Å². The fourth-order valence-electron chi connectivity index (χ4n) is 4.74. The van der Waals surface area contributed by atoms with Gasteiger partial charge in [-0.3, -0.25) is 14.9 Å². The number of halogens is 1. The number of nitrogens with zero attached hydrogens (tertiary/aromatic N) is 3. The van der Waals surface area contributed by atoms with E-state index in [0.717, 1.165) is 49.8 Å². The van der Waals surface area contributed by atoms with Crippen molar-refractivity contribution in [3.05, 3.63) is 22.7 Å². The number of unbranched alkanes of at least 4 members (excludes halogenated alkanes) is 3. The van der Waals surface area contributed by atoms with Gasteiger partial charge >= 0.3 is 0 Å². The van der Waals surface area contributed by atoms with Crippen molar-refractivity contribution in [1.29, 1.82) is 0 Å². The van der Waals surface area contributed by atoms with Gasteiger partial charge in [0, 0.05) is 25.1 Å².